The van der Waals surface area contributed by atoms with Gasteiger partial charge < -0.3 is 5.32 Å². The van der Waals surface area contributed by atoms with Crippen molar-refractivity contribution in [2.75, 3.05) is 11.5 Å². The number of benzene rings is 1. The first-order chi connectivity index (χ1) is 10.5. The van der Waals surface area contributed by atoms with Gasteiger partial charge in [-0.25, -0.2) is 13.1 Å². The van der Waals surface area contributed by atoms with Gasteiger partial charge in [0.15, 0.2) is 15.5 Å². The molecule has 1 N–H and O–H groups in total. The van der Waals surface area contributed by atoms with E-state index in [0.717, 1.165) is 5.69 Å². The Morgan fingerprint density at radius 3 is 2.68 bits per heavy atom. The number of hydrogen-bond acceptors (Lipinski definition) is 5. The summed E-state index contributed by atoms with van der Waals surface area (Å²) in [5.74, 6) is -0.278. The molecule has 1 fully saturated rings. The molecule has 1 aliphatic heterocycles. The van der Waals surface area contributed by atoms with E-state index in [1.54, 1.807) is 11.6 Å². The number of hydrogen-bond donors (Lipinski definition) is 1. The van der Waals surface area contributed by atoms with E-state index in [9.17, 15) is 13.2 Å². The minimum absolute atomic E-state index is 0.00932. The Labute approximate surface area is 128 Å². The minimum Gasteiger partial charge on any atom is -0.347 e. The number of carbonyl (C=O) groups excluding carboxylic acids is 1. The third kappa shape index (κ3) is 2.87. The Hall–Kier alpha value is -2.22. The molecule has 116 valence electrons. The van der Waals surface area contributed by atoms with E-state index in [1.165, 1.54) is 0 Å². The Balaban J connectivity index is 1.78. The largest absolute Gasteiger partial charge is 0.347 e. The van der Waals surface area contributed by atoms with E-state index in [4.69, 9.17) is 0 Å². The molecule has 0 unspecified atom stereocenters. The average molecular weight is 320 g/mol. The molecule has 3 rings (SSSR count). The van der Waals surface area contributed by atoms with Crippen LogP contribution in [0.2, 0.25) is 0 Å². The minimum atomic E-state index is -3.03. The van der Waals surface area contributed by atoms with Crippen molar-refractivity contribution >= 4 is 15.7 Å². The van der Waals surface area contributed by atoms with Crippen LogP contribution in [0, 0.1) is 6.92 Å². The van der Waals surface area contributed by atoms with Crippen LogP contribution in [0.5, 0.6) is 0 Å². The first-order valence-corrected chi connectivity index (χ1v) is 8.77. The maximum atomic E-state index is 12.3. The van der Waals surface area contributed by atoms with Crippen LogP contribution in [-0.4, -0.2) is 46.9 Å². The van der Waals surface area contributed by atoms with Crippen LogP contribution >= 0.6 is 0 Å². The highest BCUT2D eigenvalue weighted by atomic mass is 32.2. The molecule has 1 atom stereocenters. The molecule has 1 amide bonds. The zero-order chi connectivity index (χ0) is 15.7. The van der Waals surface area contributed by atoms with Gasteiger partial charge in [-0.3, -0.25) is 4.79 Å². The molecule has 0 radical (unpaired) electrons. The Bertz CT molecular complexity index is 799. The second kappa shape index (κ2) is 5.53. The summed E-state index contributed by atoms with van der Waals surface area (Å²) in [5.41, 5.74) is 1.65. The van der Waals surface area contributed by atoms with Gasteiger partial charge in [-0.1, -0.05) is 23.4 Å². The topological polar surface area (TPSA) is 93.9 Å². The molecule has 2 heterocycles. The third-order valence-electron chi connectivity index (χ3n) is 3.68. The first-order valence-electron chi connectivity index (χ1n) is 6.95. The van der Waals surface area contributed by atoms with Gasteiger partial charge in [0.25, 0.3) is 5.91 Å². The van der Waals surface area contributed by atoms with Crippen LogP contribution in [0.3, 0.4) is 0 Å². The summed E-state index contributed by atoms with van der Waals surface area (Å²) in [7, 11) is -3.03. The van der Waals surface area contributed by atoms with Crippen molar-refractivity contribution in [3.05, 3.63) is 41.7 Å². The predicted molar refractivity (Wildman–Crippen MR) is 80.6 cm³/mol. The van der Waals surface area contributed by atoms with Gasteiger partial charge in [0.05, 0.1) is 22.9 Å². The van der Waals surface area contributed by atoms with E-state index in [0.29, 0.717) is 12.1 Å². The normalized spacial score (nSPS) is 20.0. The summed E-state index contributed by atoms with van der Waals surface area (Å²) in [6.45, 7) is 1.76. The molecule has 1 saturated heterocycles. The van der Waals surface area contributed by atoms with E-state index in [2.05, 4.69) is 15.6 Å². The SMILES string of the molecule is Cc1c(C(=O)N[C@H]2CCS(=O)(=O)C2)nnn1-c1ccccc1. The Kier molecular flexibility index (Phi) is 3.69. The van der Waals surface area contributed by atoms with Crippen molar-refractivity contribution in [1.29, 1.82) is 0 Å². The van der Waals surface area contributed by atoms with Gasteiger partial charge in [0.2, 0.25) is 0 Å². The smallest absolute Gasteiger partial charge is 0.274 e. The molecule has 1 aromatic carbocycles. The molecule has 8 heteroatoms. The zero-order valence-electron chi connectivity index (χ0n) is 12.1. The number of rotatable bonds is 3. The van der Waals surface area contributed by atoms with Crippen LogP contribution in [0.15, 0.2) is 30.3 Å². The number of carbonyl (C=O) groups is 1. The second-order valence-electron chi connectivity index (χ2n) is 5.34. The Morgan fingerprint density at radius 1 is 1.32 bits per heavy atom. The lowest BCUT2D eigenvalue weighted by Gasteiger charge is -2.09. The number of nitrogens with zero attached hydrogens (tertiary/aromatic N) is 3. The van der Waals surface area contributed by atoms with E-state index >= 15 is 0 Å². The quantitative estimate of drug-likeness (QED) is 0.888. The molecule has 0 aliphatic carbocycles. The summed E-state index contributed by atoms with van der Waals surface area (Å²) in [5, 5.41) is 10.6. The predicted octanol–water partition coefficient (Wildman–Crippen LogP) is 0.493. The molecule has 0 bridgehead atoms. The molecule has 1 aliphatic rings. The summed E-state index contributed by atoms with van der Waals surface area (Å²) >= 11 is 0. The van der Waals surface area contributed by atoms with Crippen LogP contribution in [0.4, 0.5) is 0 Å². The van der Waals surface area contributed by atoms with Gasteiger partial charge in [-0.05, 0) is 25.5 Å². The molecule has 1 aromatic heterocycles. The monoisotopic (exact) mass is 320 g/mol. The number of aromatic nitrogens is 3. The van der Waals surface area contributed by atoms with E-state index in [1.807, 2.05) is 30.3 Å². The van der Waals surface area contributed by atoms with Crippen LogP contribution in [0.25, 0.3) is 5.69 Å². The standard InChI is InChI=1S/C14H16N4O3S/c1-10-13(14(19)15-11-7-8-22(20,21)9-11)16-17-18(10)12-5-3-2-4-6-12/h2-6,11H,7-9H2,1H3,(H,15,19)/t11-/m0/s1. The summed E-state index contributed by atoms with van der Waals surface area (Å²) in [4.78, 5) is 12.3. The Morgan fingerprint density at radius 2 is 2.05 bits per heavy atom. The fourth-order valence-electron chi connectivity index (χ4n) is 2.52. The van der Waals surface area contributed by atoms with Crippen molar-refractivity contribution in [3.8, 4) is 5.69 Å². The number of sulfone groups is 1. The van der Waals surface area contributed by atoms with Crippen LogP contribution in [0.1, 0.15) is 22.6 Å². The van der Waals surface area contributed by atoms with Gasteiger partial charge in [0.1, 0.15) is 0 Å². The fraction of sp³-hybridized carbons (Fsp3) is 0.357. The molecular formula is C14H16N4O3S. The van der Waals surface area contributed by atoms with Gasteiger partial charge in [-0.2, -0.15) is 0 Å². The molecule has 22 heavy (non-hydrogen) atoms. The highest BCUT2D eigenvalue weighted by Crippen LogP contribution is 2.14. The summed E-state index contributed by atoms with van der Waals surface area (Å²) in [6.07, 6.45) is 0.444. The van der Waals surface area contributed by atoms with Crippen molar-refractivity contribution in [2.24, 2.45) is 0 Å². The maximum Gasteiger partial charge on any atom is 0.274 e. The maximum absolute atomic E-state index is 12.3. The lowest BCUT2D eigenvalue weighted by Crippen LogP contribution is -2.36. The summed E-state index contributed by atoms with van der Waals surface area (Å²) in [6, 6.07) is 9.03. The lowest BCUT2D eigenvalue weighted by atomic mass is 10.2. The van der Waals surface area contributed by atoms with E-state index < -0.39 is 9.84 Å². The van der Waals surface area contributed by atoms with E-state index in [-0.39, 0.29) is 29.1 Å². The highest BCUT2D eigenvalue weighted by molar-refractivity contribution is 7.91. The number of para-hydroxylation sites is 1. The van der Waals surface area contributed by atoms with Gasteiger partial charge >= 0.3 is 0 Å². The molecule has 0 spiro atoms. The lowest BCUT2D eigenvalue weighted by molar-refractivity contribution is 0.0935. The van der Waals surface area contributed by atoms with Crippen molar-refractivity contribution < 1.29 is 13.2 Å². The first kappa shape index (κ1) is 14.7. The average Bonchev–Trinajstić information content (AvgIpc) is 3.02. The van der Waals surface area contributed by atoms with Crippen molar-refractivity contribution in [3.63, 3.8) is 0 Å². The fourth-order valence-corrected chi connectivity index (χ4v) is 4.19. The van der Waals surface area contributed by atoms with Crippen LogP contribution < -0.4 is 5.32 Å². The van der Waals surface area contributed by atoms with Crippen LogP contribution in [-0.2, 0) is 9.84 Å². The second-order valence-corrected chi connectivity index (χ2v) is 7.57. The highest BCUT2D eigenvalue weighted by Gasteiger charge is 2.30. The van der Waals surface area contributed by atoms with Gasteiger partial charge in [-0.15, -0.1) is 5.10 Å². The van der Waals surface area contributed by atoms with Crippen molar-refractivity contribution in [2.45, 2.75) is 19.4 Å². The molecule has 0 saturated carbocycles. The zero-order valence-corrected chi connectivity index (χ0v) is 12.9. The molecule has 7 nitrogen and oxygen atoms in total. The van der Waals surface area contributed by atoms with Gasteiger partial charge in [0, 0.05) is 6.04 Å². The molecular weight excluding hydrogens is 304 g/mol. The summed E-state index contributed by atoms with van der Waals surface area (Å²) < 4.78 is 24.4. The molecule has 2 aromatic rings. The number of nitrogens with one attached hydrogen (secondary N) is 1. The number of amides is 1. The van der Waals surface area contributed by atoms with Crippen molar-refractivity contribution in [1.82, 2.24) is 20.3 Å². The third-order valence-corrected chi connectivity index (χ3v) is 5.45.